The minimum absolute atomic E-state index is 0.120. The van der Waals surface area contributed by atoms with E-state index in [0.29, 0.717) is 23.0 Å². The Morgan fingerprint density at radius 3 is 1.13 bits per heavy atom. The van der Waals surface area contributed by atoms with Gasteiger partial charge in [-0.15, -0.1) is 0 Å². The van der Waals surface area contributed by atoms with Gasteiger partial charge in [-0.25, -0.2) is 0 Å². The Balaban J connectivity index is 1.63. The Labute approximate surface area is 269 Å². The van der Waals surface area contributed by atoms with E-state index in [1.807, 2.05) is 26.0 Å². The van der Waals surface area contributed by atoms with Crippen molar-refractivity contribution in [2.24, 2.45) is 0 Å². The van der Waals surface area contributed by atoms with Gasteiger partial charge in [0.05, 0.1) is 31.7 Å². The predicted molar refractivity (Wildman–Crippen MR) is 188 cm³/mol. The van der Waals surface area contributed by atoms with Crippen LogP contribution in [0.2, 0.25) is 0 Å². The summed E-state index contributed by atoms with van der Waals surface area (Å²) in [5.74, 6) is 0.648. The van der Waals surface area contributed by atoms with E-state index in [9.17, 15) is 20.2 Å². The van der Waals surface area contributed by atoms with Gasteiger partial charge in [0.15, 0.2) is 0 Å². The molecular weight excluding hydrogens is 572 g/mol. The largest absolute Gasteiger partial charge is 0.285 e. The second-order valence-electron chi connectivity index (χ2n) is 13.2. The lowest BCUT2D eigenvalue weighted by Gasteiger charge is -2.10. The minimum Gasteiger partial charge on any atom is -0.258 e. The molecule has 0 aliphatic heterocycles. The number of hydrogen-bond acceptors (Lipinski definition) is 4. The lowest BCUT2D eigenvalue weighted by atomic mass is 9.93. The molecule has 6 nitrogen and oxygen atoms in total. The third-order valence-corrected chi connectivity index (χ3v) is 9.72. The average Bonchev–Trinajstić information content (AvgIpc) is 3.36. The van der Waals surface area contributed by atoms with Gasteiger partial charge in [0.2, 0.25) is 0 Å². The summed E-state index contributed by atoms with van der Waals surface area (Å²) in [6.07, 6.45) is 0. The molecule has 0 unspecified atom stereocenters. The number of nitro groups is 2. The topological polar surface area (TPSA) is 86.3 Å². The second kappa shape index (κ2) is 11.4. The predicted octanol–water partition coefficient (Wildman–Crippen LogP) is 11.7. The first-order valence-corrected chi connectivity index (χ1v) is 15.8. The molecule has 0 spiro atoms. The Morgan fingerprint density at radius 1 is 0.457 bits per heavy atom. The van der Waals surface area contributed by atoms with Crippen molar-refractivity contribution in [2.75, 3.05) is 0 Å². The summed E-state index contributed by atoms with van der Waals surface area (Å²) >= 11 is 0. The molecule has 0 heterocycles. The summed E-state index contributed by atoms with van der Waals surface area (Å²) in [7, 11) is 0. The number of benzene rings is 2. The van der Waals surface area contributed by atoms with E-state index in [4.69, 9.17) is 0 Å². The van der Waals surface area contributed by atoms with Crippen molar-refractivity contribution in [1.29, 1.82) is 0 Å². The van der Waals surface area contributed by atoms with E-state index in [1.54, 1.807) is 24.3 Å². The molecule has 0 aromatic heterocycles. The van der Waals surface area contributed by atoms with Gasteiger partial charge in [0, 0.05) is 0 Å². The molecule has 0 saturated heterocycles. The molecule has 2 aromatic carbocycles. The van der Waals surface area contributed by atoms with Gasteiger partial charge in [-0.1, -0.05) is 64.1 Å². The van der Waals surface area contributed by atoms with Crippen LogP contribution in [0.5, 0.6) is 0 Å². The molecular formula is C40H38N2O4. The van der Waals surface area contributed by atoms with Crippen molar-refractivity contribution in [2.45, 2.75) is 67.2 Å². The lowest BCUT2D eigenvalue weighted by molar-refractivity contribution is -0.384. The molecule has 4 aliphatic rings. The van der Waals surface area contributed by atoms with E-state index >= 15 is 0 Å². The summed E-state index contributed by atoms with van der Waals surface area (Å²) in [6, 6.07) is 23.6. The molecule has 6 rings (SSSR count). The van der Waals surface area contributed by atoms with Crippen LogP contribution in [-0.4, -0.2) is 9.85 Å². The quantitative estimate of drug-likeness (QED) is 0.139. The van der Waals surface area contributed by atoms with E-state index in [1.165, 1.54) is 11.1 Å². The number of aryl methyl sites for hydroxylation is 2. The fraction of sp³-hybridized carbons (Fsp3) is 0.250. The Bertz CT molecular complexity index is 2000. The molecule has 232 valence electrons. The van der Waals surface area contributed by atoms with Crippen LogP contribution in [0.4, 0.5) is 11.4 Å². The highest BCUT2D eigenvalue weighted by molar-refractivity contribution is 6.08. The molecule has 6 heteroatoms. The molecule has 0 amide bonds. The first-order chi connectivity index (χ1) is 21.8. The molecule has 0 atom stereocenters. The standard InChI is InChI=1S/C40H38N2O4/c1-21(2)27-11-9-23(5)33-19-37(25(7)35(33)17-27)31-15-13-30-29(39(31)41(43)44)14-16-32(40(30)42(45)46)38-20-34-24(6)10-12-28(22(3)4)18-36(34)26(38)8/h9-22H,1-8H3. The normalized spacial score (nSPS) is 11.8. The highest BCUT2D eigenvalue weighted by Crippen LogP contribution is 2.49. The fourth-order valence-electron chi connectivity index (χ4n) is 6.91. The maximum absolute atomic E-state index is 12.8. The monoisotopic (exact) mass is 610 g/mol. The van der Waals surface area contributed by atoms with Crippen LogP contribution >= 0.6 is 0 Å². The lowest BCUT2D eigenvalue weighted by Crippen LogP contribution is -1.98. The second-order valence-corrected chi connectivity index (χ2v) is 13.2. The van der Waals surface area contributed by atoms with E-state index in [2.05, 4.69) is 77.9 Å². The van der Waals surface area contributed by atoms with Gasteiger partial charge in [0.1, 0.15) is 0 Å². The third kappa shape index (κ3) is 4.89. The van der Waals surface area contributed by atoms with Crippen LogP contribution in [0.25, 0.3) is 55.3 Å². The zero-order chi connectivity index (χ0) is 33.2. The summed E-state index contributed by atoms with van der Waals surface area (Å²) in [4.78, 5) is 24.8. The van der Waals surface area contributed by atoms with Crippen LogP contribution in [-0.2, 0) is 0 Å². The highest BCUT2D eigenvalue weighted by Gasteiger charge is 2.30. The van der Waals surface area contributed by atoms with Gasteiger partial charge in [-0.05, 0) is 143 Å². The molecule has 0 radical (unpaired) electrons. The Kier molecular flexibility index (Phi) is 7.63. The molecule has 0 saturated carbocycles. The van der Waals surface area contributed by atoms with Crippen molar-refractivity contribution in [3.05, 3.63) is 126 Å². The van der Waals surface area contributed by atoms with Crippen molar-refractivity contribution >= 4 is 22.1 Å². The van der Waals surface area contributed by atoms with Crippen LogP contribution in [0.1, 0.15) is 72.9 Å². The highest BCUT2D eigenvalue weighted by atomic mass is 16.6. The molecule has 2 aromatic rings. The zero-order valence-electron chi connectivity index (χ0n) is 27.6. The van der Waals surface area contributed by atoms with E-state index in [-0.39, 0.29) is 22.1 Å². The number of nitro benzene ring substituents is 2. The van der Waals surface area contributed by atoms with Crippen molar-refractivity contribution < 1.29 is 9.85 Å². The summed E-state index contributed by atoms with van der Waals surface area (Å²) in [5.41, 5.74) is 12.9. The number of rotatable bonds is 6. The van der Waals surface area contributed by atoms with Crippen LogP contribution < -0.4 is 0 Å². The van der Waals surface area contributed by atoms with Crippen LogP contribution in [0, 0.1) is 47.9 Å². The molecule has 4 aliphatic carbocycles. The zero-order valence-corrected chi connectivity index (χ0v) is 27.6. The summed E-state index contributed by atoms with van der Waals surface area (Å²) < 4.78 is 0. The molecule has 0 fully saturated rings. The maximum atomic E-state index is 12.8. The van der Waals surface area contributed by atoms with Gasteiger partial charge in [0.25, 0.3) is 11.4 Å². The summed E-state index contributed by atoms with van der Waals surface area (Å²) in [5, 5.41) is 26.1. The first-order valence-electron chi connectivity index (χ1n) is 15.8. The number of nitrogens with zero attached hydrogens (tertiary/aromatic N) is 2. The Hall–Kier alpha value is -5.10. The molecule has 0 N–H and O–H groups in total. The van der Waals surface area contributed by atoms with Crippen LogP contribution in [0.15, 0.2) is 72.8 Å². The van der Waals surface area contributed by atoms with E-state index in [0.717, 1.165) is 55.6 Å². The minimum atomic E-state index is -0.399. The van der Waals surface area contributed by atoms with Gasteiger partial charge >= 0.3 is 0 Å². The van der Waals surface area contributed by atoms with Gasteiger partial charge in [-0.2, -0.15) is 0 Å². The summed E-state index contributed by atoms with van der Waals surface area (Å²) in [6.45, 7) is 16.7. The first kappa shape index (κ1) is 30.9. The van der Waals surface area contributed by atoms with Gasteiger partial charge in [-0.3, -0.25) is 20.2 Å². The molecule has 46 heavy (non-hydrogen) atoms. The Morgan fingerprint density at radius 2 is 0.804 bits per heavy atom. The SMILES string of the molecule is Cc1ccc(C(C)C)cc2c(C)c(-c3ccc4c([N+](=O)[O-])c(-c5cc6c(C)ccc(C(C)C)cc-6c5C)ccc4c3[N+](=O)[O-])cc1-2. The number of fused-ring (bicyclic) bond motifs is 3. The van der Waals surface area contributed by atoms with Gasteiger partial charge < -0.3 is 0 Å². The van der Waals surface area contributed by atoms with E-state index < -0.39 is 9.85 Å². The molecule has 0 bridgehead atoms. The van der Waals surface area contributed by atoms with Crippen molar-refractivity contribution in [3.63, 3.8) is 0 Å². The average molecular weight is 611 g/mol. The van der Waals surface area contributed by atoms with Crippen molar-refractivity contribution in [1.82, 2.24) is 0 Å². The fourth-order valence-corrected chi connectivity index (χ4v) is 6.91. The van der Waals surface area contributed by atoms with Crippen molar-refractivity contribution in [3.8, 4) is 44.5 Å². The number of hydrogen-bond donors (Lipinski definition) is 0. The smallest absolute Gasteiger partial charge is 0.258 e. The third-order valence-electron chi connectivity index (χ3n) is 9.72. The maximum Gasteiger partial charge on any atom is 0.285 e. The van der Waals surface area contributed by atoms with Crippen LogP contribution in [0.3, 0.4) is 0 Å².